The van der Waals surface area contributed by atoms with Gasteiger partial charge in [0.05, 0.1) is 11.5 Å². The molecule has 0 saturated heterocycles. The number of benzene rings is 1. The molecule has 0 aliphatic heterocycles. The number of carboxylic acids is 1. The molecule has 4 heteroatoms. The first kappa shape index (κ1) is 14.5. The summed E-state index contributed by atoms with van der Waals surface area (Å²) in [6.07, 6.45) is -0.646. The Balaban J connectivity index is 2.88. The normalized spacial score (nSPS) is 13.2. The molecule has 0 heterocycles. The van der Waals surface area contributed by atoms with Gasteiger partial charge in [0, 0.05) is 5.56 Å². The Bertz CT molecular complexity index is 435. The fourth-order valence-electron chi connectivity index (χ4n) is 1.45. The van der Waals surface area contributed by atoms with Crippen molar-refractivity contribution >= 4 is 5.97 Å². The Kier molecular flexibility index (Phi) is 4.35. The molecule has 0 radical (unpaired) electrons. The van der Waals surface area contributed by atoms with Crippen LogP contribution in [0.5, 0.6) is 5.75 Å². The van der Waals surface area contributed by atoms with Crippen molar-refractivity contribution in [3.63, 3.8) is 0 Å². The largest absolute Gasteiger partial charge is 0.492 e. The Hall–Kier alpha value is -1.55. The van der Waals surface area contributed by atoms with Gasteiger partial charge in [-0.05, 0) is 39.8 Å². The lowest BCUT2D eigenvalue weighted by Crippen LogP contribution is -2.30. The lowest BCUT2D eigenvalue weighted by Gasteiger charge is -2.21. The lowest BCUT2D eigenvalue weighted by atomic mass is 9.95. The summed E-state index contributed by atoms with van der Waals surface area (Å²) in [7, 11) is 0. The molecular formula is C14H20O4. The zero-order valence-electron chi connectivity index (χ0n) is 11.2. The smallest absolute Gasteiger partial charge is 0.312 e. The zero-order valence-corrected chi connectivity index (χ0v) is 11.2. The summed E-state index contributed by atoms with van der Waals surface area (Å²) in [6, 6.07) is 5.47. The molecule has 4 nitrogen and oxygen atoms in total. The van der Waals surface area contributed by atoms with Crippen LogP contribution in [0, 0.1) is 12.3 Å². The molecule has 0 unspecified atom stereocenters. The summed E-state index contributed by atoms with van der Waals surface area (Å²) in [5.74, 6) is -0.377. The fourth-order valence-corrected chi connectivity index (χ4v) is 1.45. The van der Waals surface area contributed by atoms with Crippen LogP contribution in [0.25, 0.3) is 0 Å². The fraction of sp³-hybridized carbons (Fsp3) is 0.500. The standard InChI is InChI=1S/C14H20O4/c1-9-5-6-12(11(7-9)10(2)15)18-8-14(3,4)13(16)17/h5-7,10,15H,8H2,1-4H3,(H,16,17)/t10-/m1/s1. The highest BCUT2D eigenvalue weighted by atomic mass is 16.5. The van der Waals surface area contributed by atoms with Gasteiger partial charge >= 0.3 is 5.97 Å². The van der Waals surface area contributed by atoms with Gasteiger partial charge < -0.3 is 14.9 Å². The number of aliphatic hydroxyl groups is 1. The van der Waals surface area contributed by atoms with Crippen LogP contribution in [-0.4, -0.2) is 22.8 Å². The van der Waals surface area contributed by atoms with E-state index in [9.17, 15) is 9.90 Å². The van der Waals surface area contributed by atoms with Gasteiger partial charge in [-0.1, -0.05) is 11.6 Å². The van der Waals surface area contributed by atoms with Crippen molar-refractivity contribution in [1.29, 1.82) is 0 Å². The van der Waals surface area contributed by atoms with E-state index < -0.39 is 17.5 Å². The van der Waals surface area contributed by atoms with E-state index in [2.05, 4.69) is 0 Å². The van der Waals surface area contributed by atoms with Crippen LogP contribution in [0.4, 0.5) is 0 Å². The van der Waals surface area contributed by atoms with E-state index in [-0.39, 0.29) is 6.61 Å². The first-order valence-corrected chi connectivity index (χ1v) is 5.89. The van der Waals surface area contributed by atoms with Crippen LogP contribution in [0.15, 0.2) is 18.2 Å². The molecule has 0 aliphatic rings. The van der Waals surface area contributed by atoms with Crippen molar-refractivity contribution in [3.05, 3.63) is 29.3 Å². The molecule has 0 aromatic heterocycles. The Morgan fingerprint density at radius 2 is 2.06 bits per heavy atom. The van der Waals surface area contributed by atoms with Gasteiger partial charge in [0.25, 0.3) is 0 Å². The van der Waals surface area contributed by atoms with E-state index in [0.717, 1.165) is 5.56 Å². The van der Waals surface area contributed by atoms with Crippen LogP contribution >= 0.6 is 0 Å². The van der Waals surface area contributed by atoms with Crippen LogP contribution in [0.1, 0.15) is 38.0 Å². The number of aliphatic carboxylic acids is 1. The third-order valence-corrected chi connectivity index (χ3v) is 2.78. The van der Waals surface area contributed by atoms with Gasteiger partial charge in [0.15, 0.2) is 0 Å². The van der Waals surface area contributed by atoms with E-state index in [0.29, 0.717) is 11.3 Å². The second kappa shape index (κ2) is 5.40. The third-order valence-electron chi connectivity index (χ3n) is 2.78. The number of carbonyl (C=O) groups is 1. The first-order chi connectivity index (χ1) is 8.24. The van der Waals surface area contributed by atoms with Crippen LogP contribution < -0.4 is 4.74 Å². The lowest BCUT2D eigenvalue weighted by molar-refractivity contribution is -0.148. The number of aliphatic hydroxyl groups excluding tert-OH is 1. The number of ether oxygens (including phenoxy) is 1. The minimum absolute atomic E-state index is 0.0606. The summed E-state index contributed by atoms with van der Waals surface area (Å²) >= 11 is 0. The van der Waals surface area contributed by atoms with Crippen molar-refractivity contribution in [2.24, 2.45) is 5.41 Å². The third kappa shape index (κ3) is 3.47. The number of rotatable bonds is 5. The quantitative estimate of drug-likeness (QED) is 0.845. The summed E-state index contributed by atoms with van der Waals surface area (Å²) in [5.41, 5.74) is 0.743. The van der Waals surface area contributed by atoms with Crippen molar-refractivity contribution < 1.29 is 19.7 Å². The number of aryl methyl sites for hydroxylation is 1. The molecule has 0 fully saturated rings. The predicted octanol–water partition coefficient (Wildman–Crippen LogP) is 2.54. The second-order valence-corrected chi connectivity index (χ2v) is 5.19. The van der Waals surface area contributed by atoms with E-state index >= 15 is 0 Å². The zero-order chi connectivity index (χ0) is 13.9. The molecule has 1 aromatic rings. The summed E-state index contributed by atoms with van der Waals surface area (Å²) in [4.78, 5) is 11.0. The molecular weight excluding hydrogens is 232 g/mol. The molecule has 18 heavy (non-hydrogen) atoms. The minimum Gasteiger partial charge on any atom is -0.492 e. The number of hydrogen-bond donors (Lipinski definition) is 2. The average molecular weight is 252 g/mol. The highest BCUT2D eigenvalue weighted by Gasteiger charge is 2.28. The van der Waals surface area contributed by atoms with Gasteiger partial charge in [0.2, 0.25) is 0 Å². The van der Waals surface area contributed by atoms with Crippen molar-refractivity contribution in [2.45, 2.75) is 33.8 Å². The SMILES string of the molecule is Cc1ccc(OCC(C)(C)C(=O)O)c([C@@H](C)O)c1. The van der Waals surface area contributed by atoms with E-state index in [1.54, 1.807) is 26.8 Å². The number of hydrogen-bond acceptors (Lipinski definition) is 3. The molecule has 0 spiro atoms. The van der Waals surface area contributed by atoms with E-state index in [4.69, 9.17) is 9.84 Å². The molecule has 0 bridgehead atoms. The number of carboxylic acid groups (broad SMARTS) is 1. The molecule has 1 rings (SSSR count). The minimum atomic E-state index is -0.957. The summed E-state index contributed by atoms with van der Waals surface area (Å²) in [6.45, 7) is 6.85. The van der Waals surface area contributed by atoms with Crippen molar-refractivity contribution in [3.8, 4) is 5.75 Å². The van der Waals surface area contributed by atoms with Gasteiger partial charge in [-0.3, -0.25) is 4.79 Å². The maximum absolute atomic E-state index is 11.0. The van der Waals surface area contributed by atoms with E-state index in [1.165, 1.54) is 0 Å². The van der Waals surface area contributed by atoms with E-state index in [1.807, 2.05) is 19.1 Å². The first-order valence-electron chi connectivity index (χ1n) is 5.89. The molecule has 100 valence electrons. The Morgan fingerprint density at radius 3 is 2.56 bits per heavy atom. The highest BCUT2D eigenvalue weighted by molar-refractivity contribution is 5.73. The van der Waals surface area contributed by atoms with Crippen LogP contribution in [0.3, 0.4) is 0 Å². The van der Waals surface area contributed by atoms with Gasteiger partial charge in [-0.15, -0.1) is 0 Å². The van der Waals surface area contributed by atoms with Crippen molar-refractivity contribution in [1.82, 2.24) is 0 Å². The highest BCUT2D eigenvalue weighted by Crippen LogP contribution is 2.28. The van der Waals surface area contributed by atoms with Gasteiger partial charge in [-0.25, -0.2) is 0 Å². The molecule has 1 aromatic carbocycles. The van der Waals surface area contributed by atoms with Crippen LogP contribution in [-0.2, 0) is 4.79 Å². The topological polar surface area (TPSA) is 66.8 Å². The summed E-state index contributed by atoms with van der Waals surface area (Å²) in [5, 5.41) is 18.7. The maximum atomic E-state index is 11.0. The average Bonchev–Trinajstić information content (AvgIpc) is 2.27. The van der Waals surface area contributed by atoms with Gasteiger partial charge in [0.1, 0.15) is 12.4 Å². The Labute approximate surface area is 107 Å². The predicted molar refractivity (Wildman–Crippen MR) is 68.7 cm³/mol. The molecule has 0 saturated carbocycles. The molecule has 2 N–H and O–H groups in total. The molecule has 0 aliphatic carbocycles. The molecule has 1 atom stereocenters. The van der Waals surface area contributed by atoms with Gasteiger partial charge in [-0.2, -0.15) is 0 Å². The second-order valence-electron chi connectivity index (χ2n) is 5.19. The van der Waals surface area contributed by atoms with Crippen LogP contribution in [0.2, 0.25) is 0 Å². The molecule has 0 amide bonds. The van der Waals surface area contributed by atoms with Crippen molar-refractivity contribution in [2.75, 3.05) is 6.61 Å². The Morgan fingerprint density at radius 1 is 1.44 bits per heavy atom. The summed E-state index contributed by atoms with van der Waals surface area (Å²) < 4.78 is 5.54. The maximum Gasteiger partial charge on any atom is 0.312 e. The monoisotopic (exact) mass is 252 g/mol.